The summed E-state index contributed by atoms with van der Waals surface area (Å²) in [5.41, 5.74) is 1.86. The van der Waals surface area contributed by atoms with Gasteiger partial charge in [-0.05, 0) is 51.2 Å². The maximum absolute atomic E-state index is 12.0. The quantitative estimate of drug-likeness (QED) is 0.307. The largest absolute Gasteiger partial charge is 0.444 e. The summed E-state index contributed by atoms with van der Waals surface area (Å²) in [4.78, 5) is 18.6. The number of rotatable bonds is 6. The summed E-state index contributed by atoms with van der Waals surface area (Å²) < 4.78 is 16.8. The number of alkyl carbamates (subject to hydrolysis) is 1. The van der Waals surface area contributed by atoms with Crippen molar-refractivity contribution in [1.29, 1.82) is 0 Å². The van der Waals surface area contributed by atoms with Crippen LogP contribution >= 0.6 is 24.0 Å². The minimum absolute atomic E-state index is 0. The van der Waals surface area contributed by atoms with Crippen LogP contribution < -0.4 is 10.6 Å². The highest BCUT2D eigenvalue weighted by atomic mass is 127. The summed E-state index contributed by atoms with van der Waals surface area (Å²) in [5.74, 6) is 0.836. The minimum Gasteiger partial charge on any atom is -0.444 e. The molecule has 8 nitrogen and oxygen atoms in total. The van der Waals surface area contributed by atoms with E-state index in [0.717, 1.165) is 45.0 Å². The third kappa shape index (κ3) is 9.66. The van der Waals surface area contributed by atoms with Crippen molar-refractivity contribution in [3.05, 3.63) is 35.4 Å². The van der Waals surface area contributed by atoms with Gasteiger partial charge in [0.05, 0.1) is 18.8 Å². The molecule has 0 bridgehead atoms. The van der Waals surface area contributed by atoms with Crippen LogP contribution in [0.2, 0.25) is 0 Å². The van der Waals surface area contributed by atoms with Gasteiger partial charge in [-0.2, -0.15) is 0 Å². The molecule has 2 aliphatic rings. The van der Waals surface area contributed by atoms with E-state index in [1.165, 1.54) is 11.1 Å². The van der Waals surface area contributed by atoms with Gasteiger partial charge in [0, 0.05) is 39.9 Å². The number of benzene rings is 1. The zero-order valence-electron chi connectivity index (χ0n) is 20.3. The Morgan fingerprint density at radius 3 is 2.64 bits per heavy atom. The van der Waals surface area contributed by atoms with E-state index in [-0.39, 0.29) is 36.1 Å². The Balaban J connectivity index is 0.00000385. The molecule has 2 aliphatic heterocycles. The molecule has 1 unspecified atom stereocenters. The Kier molecular flexibility index (Phi) is 11.2. The second-order valence-electron chi connectivity index (χ2n) is 9.42. The first-order valence-corrected chi connectivity index (χ1v) is 11.5. The minimum atomic E-state index is -0.496. The van der Waals surface area contributed by atoms with Gasteiger partial charge in [-0.25, -0.2) is 4.79 Å². The number of nitrogens with one attached hydrogen (secondary N) is 2. The second kappa shape index (κ2) is 13.3. The van der Waals surface area contributed by atoms with Gasteiger partial charge in [-0.15, -0.1) is 24.0 Å². The first kappa shape index (κ1) is 27.7. The lowest BCUT2D eigenvalue weighted by Gasteiger charge is -2.23. The highest BCUT2D eigenvalue weighted by molar-refractivity contribution is 14.0. The van der Waals surface area contributed by atoms with E-state index in [0.29, 0.717) is 25.8 Å². The maximum atomic E-state index is 12.0. The summed E-state index contributed by atoms with van der Waals surface area (Å²) in [6, 6.07) is 8.50. The molecule has 1 aromatic rings. The number of halogens is 1. The van der Waals surface area contributed by atoms with E-state index in [2.05, 4.69) is 44.8 Å². The molecule has 9 heteroatoms. The lowest BCUT2D eigenvalue weighted by atomic mass is 10.1. The van der Waals surface area contributed by atoms with Crippen LogP contribution in [-0.4, -0.2) is 68.1 Å². The number of guanidine groups is 1. The average Bonchev–Trinajstić information content (AvgIpc) is 3.20. The zero-order chi connectivity index (χ0) is 23.0. The van der Waals surface area contributed by atoms with E-state index in [1.54, 1.807) is 7.05 Å². The molecule has 0 saturated carbocycles. The molecule has 2 heterocycles. The van der Waals surface area contributed by atoms with E-state index < -0.39 is 5.60 Å². The molecule has 1 atom stereocenters. The van der Waals surface area contributed by atoms with Crippen molar-refractivity contribution >= 4 is 36.0 Å². The van der Waals surface area contributed by atoms with Gasteiger partial charge in [0.25, 0.3) is 0 Å². The molecule has 186 valence electrons. The van der Waals surface area contributed by atoms with Crippen molar-refractivity contribution in [2.45, 2.75) is 70.9 Å². The lowest BCUT2D eigenvalue weighted by molar-refractivity contribution is -0.0390. The van der Waals surface area contributed by atoms with E-state index >= 15 is 0 Å². The van der Waals surface area contributed by atoms with Crippen LogP contribution in [0.4, 0.5) is 4.79 Å². The number of hydrogen-bond acceptors (Lipinski definition) is 5. The van der Waals surface area contributed by atoms with Gasteiger partial charge in [0.15, 0.2) is 5.96 Å². The Morgan fingerprint density at radius 1 is 1.21 bits per heavy atom. The van der Waals surface area contributed by atoms with Crippen molar-refractivity contribution in [2.75, 3.05) is 33.4 Å². The number of carbonyl (C=O) groups excluding carboxylic acids is 1. The van der Waals surface area contributed by atoms with E-state index in [1.807, 2.05) is 20.8 Å². The standard InChI is InChI=1S/C24H38N4O4.HI/c1-24(2,3)32-23(29)27-20-8-11-28(16-20)22(25-4)26-15-18-6-5-7-19(14-18)17-31-21-9-12-30-13-10-21;/h5-7,14,20-21H,8-13,15-17H2,1-4H3,(H,25,26)(H,27,29);1H. The molecule has 0 aromatic heterocycles. The number of carbonyl (C=O) groups is 1. The Labute approximate surface area is 214 Å². The zero-order valence-corrected chi connectivity index (χ0v) is 22.6. The molecular weight excluding hydrogens is 535 g/mol. The Morgan fingerprint density at radius 2 is 1.94 bits per heavy atom. The van der Waals surface area contributed by atoms with E-state index in [9.17, 15) is 4.79 Å². The number of hydrogen-bond donors (Lipinski definition) is 2. The van der Waals surface area contributed by atoms with Crippen molar-refractivity contribution in [3.63, 3.8) is 0 Å². The van der Waals surface area contributed by atoms with Crippen molar-refractivity contribution < 1.29 is 19.0 Å². The van der Waals surface area contributed by atoms with Crippen LogP contribution in [0, 0.1) is 0 Å². The van der Waals surface area contributed by atoms with Crippen LogP contribution in [0.15, 0.2) is 29.3 Å². The fraction of sp³-hybridized carbons (Fsp3) is 0.667. The number of nitrogens with zero attached hydrogens (tertiary/aromatic N) is 2. The van der Waals surface area contributed by atoms with Crippen molar-refractivity contribution in [2.24, 2.45) is 4.99 Å². The smallest absolute Gasteiger partial charge is 0.407 e. The predicted molar refractivity (Wildman–Crippen MR) is 140 cm³/mol. The molecule has 0 aliphatic carbocycles. The van der Waals surface area contributed by atoms with Crippen LogP contribution in [0.25, 0.3) is 0 Å². The molecular formula is C24H39IN4O4. The SMILES string of the molecule is CN=C(NCc1cccc(COC2CCOCC2)c1)N1CCC(NC(=O)OC(C)(C)C)C1.I. The second-order valence-corrected chi connectivity index (χ2v) is 9.42. The van der Waals surface area contributed by atoms with Crippen molar-refractivity contribution in [3.8, 4) is 0 Å². The Hall–Kier alpha value is -1.59. The van der Waals surface area contributed by atoms with Gasteiger partial charge in [-0.1, -0.05) is 24.3 Å². The first-order chi connectivity index (χ1) is 15.3. The molecule has 0 spiro atoms. The lowest BCUT2D eigenvalue weighted by Crippen LogP contribution is -2.44. The van der Waals surface area contributed by atoms with Gasteiger partial charge < -0.3 is 29.7 Å². The third-order valence-corrected chi connectivity index (χ3v) is 5.52. The molecule has 2 N–H and O–H groups in total. The van der Waals surface area contributed by atoms with Crippen molar-refractivity contribution in [1.82, 2.24) is 15.5 Å². The molecule has 3 rings (SSSR count). The normalized spacial score (nSPS) is 19.7. The third-order valence-electron chi connectivity index (χ3n) is 5.52. The van der Waals surface area contributed by atoms with Crippen LogP contribution in [-0.2, 0) is 27.4 Å². The highest BCUT2D eigenvalue weighted by Crippen LogP contribution is 2.15. The molecule has 1 aromatic carbocycles. The molecule has 1 amide bonds. The van der Waals surface area contributed by atoms with Crippen LogP contribution in [0.3, 0.4) is 0 Å². The number of ether oxygens (including phenoxy) is 3. The molecule has 33 heavy (non-hydrogen) atoms. The summed E-state index contributed by atoms with van der Waals surface area (Å²) in [5, 5.41) is 6.41. The number of amides is 1. The van der Waals surface area contributed by atoms with Gasteiger partial charge >= 0.3 is 6.09 Å². The molecule has 0 radical (unpaired) electrons. The van der Waals surface area contributed by atoms with Crippen LogP contribution in [0.5, 0.6) is 0 Å². The Bertz CT molecular complexity index is 778. The monoisotopic (exact) mass is 574 g/mol. The maximum Gasteiger partial charge on any atom is 0.407 e. The van der Waals surface area contributed by atoms with E-state index in [4.69, 9.17) is 14.2 Å². The highest BCUT2D eigenvalue weighted by Gasteiger charge is 2.27. The summed E-state index contributed by atoms with van der Waals surface area (Å²) in [6.07, 6.45) is 2.72. The average molecular weight is 575 g/mol. The summed E-state index contributed by atoms with van der Waals surface area (Å²) in [7, 11) is 1.79. The molecule has 2 saturated heterocycles. The topological polar surface area (TPSA) is 84.4 Å². The summed E-state index contributed by atoms with van der Waals surface area (Å²) in [6.45, 7) is 10.0. The fourth-order valence-corrected chi connectivity index (χ4v) is 3.94. The van der Waals surface area contributed by atoms with Gasteiger partial charge in [0.1, 0.15) is 5.60 Å². The first-order valence-electron chi connectivity index (χ1n) is 11.5. The fourth-order valence-electron chi connectivity index (χ4n) is 3.94. The van der Waals surface area contributed by atoms with Crippen LogP contribution in [0.1, 0.15) is 51.2 Å². The predicted octanol–water partition coefficient (Wildman–Crippen LogP) is 3.67. The summed E-state index contributed by atoms with van der Waals surface area (Å²) >= 11 is 0. The van der Waals surface area contributed by atoms with Gasteiger partial charge in [0.2, 0.25) is 0 Å². The van der Waals surface area contributed by atoms with Gasteiger partial charge in [-0.3, -0.25) is 4.99 Å². The number of likely N-dealkylation sites (tertiary alicyclic amines) is 1. The number of aliphatic imine (C=N–C) groups is 1. The molecule has 2 fully saturated rings.